The van der Waals surface area contributed by atoms with Crippen LogP contribution in [0.4, 0.5) is 0 Å². The SMILES string of the molecule is Cn1ncc2ccc(CN)c(Br)c21. The number of hydrogen-bond donors (Lipinski definition) is 1. The zero-order valence-corrected chi connectivity index (χ0v) is 8.87. The van der Waals surface area contributed by atoms with Gasteiger partial charge in [0.05, 0.1) is 11.7 Å². The van der Waals surface area contributed by atoms with E-state index in [9.17, 15) is 0 Å². The van der Waals surface area contributed by atoms with Gasteiger partial charge in [-0.3, -0.25) is 4.68 Å². The molecule has 2 rings (SSSR count). The van der Waals surface area contributed by atoms with Crippen molar-refractivity contribution < 1.29 is 0 Å². The Hall–Kier alpha value is -0.870. The zero-order valence-electron chi connectivity index (χ0n) is 7.29. The number of nitrogens with two attached hydrogens (primary N) is 1. The van der Waals surface area contributed by atoms with Gasteiger partial charge in [-0.15, -0.1) is 0 Å². The van der Waals surface area contributed by atoms with E-state index in [-0.39, 0.29) is 0 Å². The number of fused-ring (bicyclic) bond motifs is 1. The van der Waals surface area contributed by atoms with E-state index in [2.05, 4.69) is 21.0 Å². The molecule has 0 amide bonds. The van der Waals surface area contributed by atoms with E-state index in [1.54, 1.807) is 0 Å². The average molecular weight is 240 g/mol. The monoisotopic (exact) mass is 239 g/mol. The van der Waals surface area contributed by atoms with Crippen molar-refractivity contribution in [2.75, 3.05) is 0 Å². The molecule has 1 heterocycles. The van der Waals surface area contributed by atoms with Gasteiger partial charge in [0, 0.05) is 23.5 Å². The molecule has 0 atom stereocenters. The summed E-state index contributed by atoms with van der Waals surface area (Å²) in [5.41, 5.74) is 7.81. The number of rotatable bonds is 1. The van der Waals surface area contributed by atoms with Gasteiger partial charge in [0.25, 0.3) is 0 Å². The quantitative estimate of drug-likeness (QED) is 0.825. The van der Waals surface area contributed by atoms with Gasteiger partial charge in [-0.1, -0.05) is 12.1 Å². The summed E-state index contributed by atoms with van der Waals surface area (Å²) in [6.07, 6.45) is 1.85. The summed E-state index contributed by atoms with van der Waals surface area (Å²) in [6, 6.07) is 4.06. The minimum atomic E-state index is 0.543. The molecule has 0 spiro atoms. The van der Waals surface area contributed by atoms with Crippen molar-refractivity contribution in [2.45, 2.75) is 6.54 Å². The van der Waals surface area contributed by atoms with E-state index in [0.29, 0.717) is 6.54 Å². The minimum Gasteiger partial charge on any atom is -0.326 e. The Kier molecular flexibility index (Phi) is 2.09. The van der Waals surface area contributed by atoms with Crippen LogP contribution in [0.15, 0.2) is 22.8 Å². The molecule has 0 fully saturated rings. The summed E-state index contributed by atoms with van der Waals surface area (Å²) in [7, 11) is 1.92. The molecular weight excluding hydrogens is 230 g/mol. The standard InChI is InChI=1S/C9H10BrN3/c1-13-9-7(5-12-13)3-2-6(4-11)8(9)10/h2-3,5H,4,11H2,1H3. The lowest BCUT2D eigenvalue weighted by Gasteiger charge is -2.03. The Morgan fingerprint density at radius 3 is 3.00 bits per heavy atom. The normalized spacial score (nSPS) is 11.0. The van der Waals surface area contributed by atoms with Gasteiger partial charge in [-0.2, -0.15) is 5.10 Å². The van der Waals surface area contributed by atoms with Crippen LogP contribution >= 0.6 is 15.9 Å². The van der Waals surface area contributed by atoms with Crippen LogP contribution in [0.3, 0.4) is 0 Å². The molecule has 2 aromatic rings. The van der Waals surface area contributed by atoms with Crippen molar-refractivity contribution >= 4 is 26.8 Å². The van der Waals surface area contributed by atoms with Crippen LogP contribution in [-0.2, 0) is 13.6 Å². The molecule has 1 aromatic carbocycles. The van der Waals surface area contributed by atoms with E-state index >= 15 is 0 Å². The molecule has 0 bridgehead atoms. The third-order valence-electron chi connectivity index (χ3n) is 2.14. The van der Waals surface area contributed by atoms with E-state index in [1.807, 2.05) is 30.1 Å². The van der Waals surface area contributed by atoms with Gasteiger partial charge in [0.1, 0.15) is 0 Å². The second kappa shape index (κ2) is 3.12. The molecule has 2 N–H and O–H groups in total. The Labute approximate surface area is 84.7 Å². The molecule has 0 saturated heterocycles. The van der Waals surface area contributed by atoms with E-state index in [1.165, 1.54) is 0 Å². The van der Waals surface area contributed by atoms with Gasteiger partial charge in [0.2, 0.25) is 0 Å². The highest BCUT2D eigenvalue weighted by molar-refractivity contribution is 9.10. The molecule has 4 heteroatoms. The number of hydrogen-bond acceptors (Lipinski definition) is 2. The summed E-state index contributed by atoms with van der Waals surface area (Å²) >= 11 is 3.53. The molecule has 0 saturated carbocycles. The molecule has 0 aliphatic rings. The van der Waals surface area contributed by atoms with Crippen molar-refractivity contribution in [3.05, 3.63) is 28.4 Å². The maximum absolute atomic E-state index is 5.60. The van der Waals surface area contributed by atoms with Crippen molar-refractivity contribution in [3.63, 3.8) is 0 Å². The third-order valence-corrected chi connectivity index (χ3v) is 3.03. The van der Waals surface area contributed by atoms with Gasteiger partial charge < -0.3 is 5.73 Å². The largest absolute Gasteiger partial charge is 0.326 e. The minimum absolute atomic E-state index is 0.543. The Morgan fingerprint density at radius 2 is 2.31 bits per heavy atom. The second-order valence-corrected chi connectivity index (χ2v) is 3.74. The van der Waals surface area contributed by atoms with Crippen LogP contribution < -0.4 is 5.73 Å². The van der Waals surface area contributed by atoms with Crippen molar-refractivity contribution in [3.8, 4) is 0 Å². The first-order valence-electron chi connectivity index (χ1n) is 4.03. The summed E-state index contributed by atoms with van der Waals surface area (Å²) in [6.45, 7) is 0.543. The Bertz CT molecular complexity index is 447. The lowest BCUT2D eigenvalue weighted by atomic mass is 10.2. The molecule has 3 nitrogen and oxygen atoms in total. The van der Waals surface area contributed by atoms with E-state index < -0.39 is 0 Å². The van der Waals surface area contributed by atoms with E-state index in [4.69, 9.17) is 5.73 Å². The van der Waals surface area contributed by atoms with Crippen LogP contribution in [0.2, 0.25) is 0 Å². The molecule has 0 aliphatic carbocycles. The fourth-order valence-electron chi connectivity index (χ4n) is 1.42. The number of nitrogens with zero attached hydrogens (tertiary/aromatic N) is 2. The Balaban J connectivity index is 2.83. The lowest BCUT2D eigenvalue weighted by molar-refractivity contribution is 0.794. The number of aromatic nitrogens is 2. The molecule has 0 radical (unpaired) electrons. The summed E-state index contributed by atoms with van der Waals surface area (Å²) < 4.78 is 2.89. The predicted octanol–water partition coefficient (Wildman–Crippen LogP) is 1.79. The second-order valence-electron chi connectivity index (χ2n) is 2.95. The Morgan fingerprint density at radius 1 is 1.54 bits per heavy atom. The topological polar surface area (TPSA) is 43.8 Å². The highest BCUT2D eigenvalue weighted by Crippen LogP contribution is 2.26. The smallest absolute Gasteiger partial charge is 0.0824 e. The highest BCUT2D eigenvalue weighted by atomic mass is 79.9. The van der Waals surface area contributed by atoms with Gasteiger partial charge in [-0.25, -0.2) is 0 Å². The van der Waals surface area contributed by atoms with Crippen LogP contribution in [-0.4, -0.2) is 9.78 Å². The first kappa shape index (κ1) is 8.72. The summed E-state index contributed by atoms with van der Waals surface area (Å²) in [5.74, 6) is 0. The van der Waals surface area contributed by atoms with Crippen molar-refractivity contribution in [2.24, 2.45) is 12.8 Å². The average Bonchev–Trinajstić information content (AvgIpc) is 2.49. The first-order chi connectivity index (χ1) is 6.24. The zero-order chi connectivity index (χ0) is 9.42. The maximum Gasteiger partial charge on any atom is 0.0824 e. The molecular formula is C9H10BrN3. The summed E-state index contributed by atoms with van der Waals surface area (Å²) in [5, 5.41) is 5.31. The van der Waals surface area contributed by atoms with Crippen molar-refractivity contribution in [1.29, 1.82) is 0 Å². The lowest BCUT2D eigenvalue weighted by Crippen LogP contribution is -1.99. The predicted molar refractivity (Wildman–Crippen MR) is 56.3 cm³/mol. The first-order valence-corrected chi connectivity index (χ1v) is 4.82. The van der Waals surface area contributed by atoms with Crippen LogP contribution in [0.25, 0.3) is 10.9 Å². The number of aryl methyl sites for hydroxylation is 1. The number of halogens is 1. The fraction of sp³-hybridized carbons (Fsp3) is 0.222. The molecule has 68 valence electrons. The van der Waals surface area contributed by atoms with Crippen molar-refractivity contribution in [1.82, 2.24) is 9.78 Å². The molecule has 0 aliphatic heterocycles. The van der Waals surface area contributed by atoms with Crippen LogP contribution in [0, 0.1) is 0 Å². The molecule has 13 heavy (non-hydrogen) atoms. The maximum atomic E-state index is 5.60. The molecule has 1 aromatic heterocycles. The van der Waals surface area contributed by atoms with Crippen LogP contribution in [0.5, 0.6) is 0 Å². The van der Waals surface area contributed by atoms with Crippen LogP contribution in [0.1, 0.15) is 5.56 Å². The number of benzene rings is 1. The van der Waals surface area contributed by atoms with Gasteiger partial charge in [0.15, 0.2) is 0 Å². The molecule has 0 unspecified atom stereocenters. The van der Waals surface area contributed by atoms with Gasteiger partial charge >= 0.3 is 0 Å². The third kappa shape index (κ3) is 1.26. The summed E-state index contributed by atoms with van der Waals surface area (Å²) in [4.78, 5) is 0. The highest BCUT2D eigenvalue weighted by Gasteiger charge is 2.07. The van der Waals surface area contributed by atoms with E-state index in [0.717, 1.165) is 20.9 Å². The van der Waals surface area contributed by atoms with Gasteiger partial charge in [-0.05, 0) is 21.5 Å². The fourth-order valence-corrected chi connectivity index (χ4v) is 2.20.